The summed E-state index contributed by atoms with van der Waals surface area (Å²) in [6, 6.07) is 14.3. The minimum Gasteiger partial charge on any atom is -0.490 e. The molecule has 260 valence electrons. The Balaban J connectivity index is 1.46. The number of esters is 4. The number of hydrogen-bond donors (Lipinski definition) is 0. The Hall–Kier alpha value is -4.44. The fourth-order valence-electron chi connectivity index (χ4n) is 5.45. The minimum absolute atomic E-state index is 0.0223. The summed E-state index contributed by atoms with van der Waals surface area (Å²) in [6.07, 6.45) is 9.95. The van der Waals surface area contributed by atoms with E-state index < -0.39 is 30.0 Å². The van der Waals surface area contributed by atoms with Gasteiger partial charge in [-0.3, -0.25) is 4.79 Å². The predicted octanol–water partition coefficient (Wildman–Crippen LogP) is 6.92. The first-order chi connectivity index (χ1) is 23.3. The van der Waals surface area contributed by atoms with Crippen molar-refractivity contribution in [3.8, 4) is 11.5 Å². The second kappa shape index (κ2) is 21.4. The maximum atomic E-state index is 12.8. The van der Waals surface area contributed by atoms with Crippen LogP contribution in [0, 0.1) is 5.92 Å². The third-order valence-corrected chi connectivity index (χ3v) is 8.04. The molecule has 0 radical (unpaired) electrons. The topological polar surface area (TPSA) is 124 Å². The van der Waals surface area contributed by atoms with Gasteiger partial charge in [-0.05, 0) is 92.3 Å². The maximum absolute atomic E-state index is 12.8. The zero-order valence-electron chi connectivity index (χ0n) is 27.9. The lowest BCUT2D eigenvalue weighted by Crippen LogP contribution is -2.30. The van der Waals surface area contributed by atoms with E-state index in [2.05, 4.69) is 32.2 Å². The molecule has 1 unspecified atom stereocenters. The minimum atomic E-state index is -0.759. The molecule has 1 saturated carbocycles. The second-order valence-corrected chi connectivity index (χ2v) is 11.7. The van der Waals surface area contributed by atoms with E-state index in [1.807, 2.05) is 12.1 Å². The third kappa shape index (κ3) is 14.1. The van der Waals surface area contributed by atoms with Crippen LogP contribution in [0.5, 0.6) is 11.5 Å². The monoisotopic (exact) mass is 664 g/mol. The zero-order valence-corrected chi connectivity index (χ0v) is 27.9. The molecule has 0 N–H and O–H groups in total. The van der Waals surface area contributed by atoms with Crippen LogP contribution in [0.4, 0.5) is 0 Å². The highest BCUT2D eigenvalue weighted by Gasteiger charge is 2.22. The van der Waals surface area contributed by atoms with E-state index in [0.29, 0.717) is 42.4 Å². The van der Waals surface area contributed by atoms with Crippen molar-refractivity contribution in [2.24, 2.45) is 5.92 Å². The molecule has 0 saturated heterocycles. The number of carbonyl (C=O) groups excluding carboxylic acids is 4. The molecule has 0 bridgehead atoms. The Morgan fingerprint density at radius 2 is 1.42 bits per heavy atom. The Morgan fingerprint density at radius 1 is 0.792 bits per heavy atom. The molecule has 3 rings (SSSR count). The molecule has 0 aromatic heterocycles. The number of benzene rings is 2. The Bertz CT molecular complexity index is 1310. The summed E-state index contributed by atoms with van der Waals surface area (Å²) in [4.78, 5) is 47.5. The van der Waals surface area contributed by atoms with Crippen molar-refractivity contribution in [2.45, 2.75) is 76.7 Å². The van der Waals surface area contributed by atoms with E-state index in [-0.39, 0.29) is 32.8 Å². The van der Waals surface area contributed by atoms with E-state index >= 15 is 0 Å². The fourth-order valence-corrected chi connectivity index (χ4v) is 5.45. The van der Waals surface area contributed by atoms with Gasteiger partial charge in [-0.2, -0.15) is 0 Å². The van der Waals surface area contributed by atoms with Crippen molar-refractivity contribution in [3.05, 3.63) is 85.0 Å². The number of unbranched alkanes of at least 4 members (excludes halogenated alkanes) is 1. The van der Waals surface area contributed by atoms with Crippen molar-refractivity contribution in [1.29, 1.82) is 0 Å². The molecule has 10 heteroatoms. The Labute approximate surface area is 283 Å². The number of rotatable bonds is 21. The lowest BCUT2D eigenvalue weighted by molar-refractivity contribution is -0.156. The van der Waals surface area contributed by atoms with Crippen LogP contribution in [-0.4, -0.2) is 63.0 Å². The molecule has 1 aliphatic rings. The quantitative estimate of drug-likeness (QED) is 0.0457. The van der Waals surface area contributed by atoms with Gasteiger partial charge in [-0.25, -0.2) is 14.4 Å². The largest absolute Gasteiger partial charge is 0.490 e. The van der Waals surface area contributed by atoms with Crippen LogP contribution in [0.25, 0.3) is 0 Å². The van der Waals surface area contributed by atoms with Gasteiger partial charge in [0.05, 0.1) is 25.2 Å². The van der Waals surface area contributed by atoms with Crippen molar-refractivity contribution in [2.75, 3.05) is 33.0 Å². The molecule has 1 fully saturated rings. The maximum Gasteiger partial charge on any atom is 0.343 e. The van der Waals surface area contributed by atoms with Crippen molar-refractivity contribution >= 4 is 23.9 Å². The highest BCUT2D eigenvalue weighted by atomic mass is 16.6. The number of ether oxygens (including phenoxy) is 6. The SMILES string of the molecule is C=CC(=O)OCCCCOCC(COc1ccc(C(=O)Oc2ccc(C3CCC(CCC)CC3)cc2)cc1)OC(=O)CCOC(=O)C=C. The van der Waals surface area contributed by atoms with E-state index in [4.69, 9.17) is 28.4 Å². The van der Waals surface area contributed by atoms with Crippen molar-refractivity contribution in [1.82, 2.24) is 0 Å². The van der Waals surface area contributed by atoms with Gasteiger partial charge in [0.1, 0.15) is 24.7 Å². The van der Waals surface area contributed by atoms with Gasteiger partial charge >= 0.3 is 23.9 Å². The molecule has 10 nitrogen and oxygen atoms in total. The second-order valence-electron chi connectivity index (χ2n) is 11.7. The van der Waals surface area contributed by atoms with Gasteiger partial charge in [-0.1, -0.05) is 45.1 Å². The average molecular weight is 665 g/mol. The molecule has 0 aliphatic heterocycles. The highest BCUT2D eigenvalue weighted by Crippen LogP contribution is 2.37. The summed E-state index contributed by atoms with van der Waals surface area (Å²) >= 11 is 0. The highest BCUT2D eigenvalue weighted by molar-refractivity contribution is 5.91. The van der Waals surface area contributed by atoms with Crippen molar-refractivity contribution < 1.29 is 47.6 Å². The van der Waals surface area contributed by atoms with Crippen LogP contribution < -0.4 is 9.47 Å². The average Bonchev–Trinajstić information content (AvgIpc) is 3.10. The first-order valence-electron chi connectivity index (χ1n) is 16.7. The summed E-state index contributed by atoms with van der Waals surface area (Å²) in [6.45, 7) is 9.38. The first-order valence-corrected chi connectivity index (χ1v) is 16.7. The van der Waals surface area contributed by atoms with Crippen molar-refractivity contribution in [3.63, 3.8) is 0 Å². The molecule has 0 heterocycles. The first kappa shape index (κ1) is 38.0. The number of hydrogen-bond acceptors (Lipinski definition) is 10. The van der Waals surface area contributed by atoms with Crippen LogP contribution in [-0.2, 0) is 33.3 Å². The van der Waals surface area contributed by atoms with Gasteiger partial charge in [0.2, 0.25) is 0 Å². The summed E-state index contributed by atoms with van der Waals surface area (Å²) in [5.41, 5.74) is 1.66. The lowest BCUT2D eigenvalue weighted by atomic mass is 9.77. The summed E-state index contributed by atoms with van der Waals surface area (Å²) in [5.74, 6) is 0.172. The lowest BCUT2D eigenvalue weighted by Gasteiger charge is -2.28. The van der Waals surface area contributed by atoms with Gasteiger partial charge in [0.25, 0.3) is 0 Å². The fraction of sp³-hybridized carbons (Fsp3) is 0.474. The summed E-state index contributed by atoms with van der Waals surface area (Å²) in [7, 11) is 0. The Kier molecular flexibility index (Phi) is 17.0. The molecule has 2 aromatic carbocycles. The smallest absolute Gasteiger partial charge is 0.343 e. The van der Waals surface area contributed by atoms with Gasteiger partial charge < -0.3 is 28.4 Å². The Morgan fingerprint density at radius 3 is 2.06 bits per heavy atom. The molecule has 0 spiro atoms. The van der Waals surface area contributed by atoms with E-state index in [9.17, 15) is 19.2 Å². The van der Waals surface area contributed by atoms with E-state index in [0.717, 1.165) is 18.1 Å². The van der Waals surface area contributed by atoms with Gasteiger partial charge in [-0.15, -0.1) is 0 Å². The van der Waals surface area contributed by atoms with Gasteiger partial charge in [0.15, 0.2) is 6.10 Å². The molecule has 48 heavy (non-hydrogen) atoms. The third-order valence-electron chi connectivity index (χ3n) is 8.04. The van der Waals surface area contributed by atoms with E-state index in [1.54, 1.807) is 24.3 Å². The number of carbonyl (C=O) groups is 4. The molecule has 1 aliphatic carbocycles. The predicted molar refractivity (Wildman–Crippen MR) is 180 cm³/mol. The van der Waals surface area contributed by atoms with Gasteiger partial charge in [0, 0.05) is 18.8 Å². The summed E-state index contributed by atoms with van der Waals surface area (Å²) < 4.78 is 32.4. The van der Waals surface area contributed by atoms with Crippen LogP contribution in [0.1, 0.15) is 86.6 Å². The molecule has 0 amide bonds. The molecule has 2 aromatic rings. The standard InChI is InChI=1S/C38H48O10/c1-4-9-28-10-12-29(13-11-28)30-14-20-33(21-15-30)48-38(42)31-16-18-32(19-17-31)46-27-34(47-37(41)22-25-45-36(40)6-3)26-43-23-7-8-24-44-35(39)5-2/h5-6,14-21,28-29,34H,2-4,7-13,22-27H2,1H3. The molecule has 1 atom stereocenters. The normalized spacial score (nSPS) is 16.2. The zero-order chi connectivity index (χ0) is 34.6. The van der Waals surface area contributed by atoms with Crippen LogP contribution in [0.15, 0.2) is 73.8 Å². The van der Waals surface area contributed by atoms with Crippen LogP contribution in [0.3, 0.4) is 0 Å². The molecular weight excluding hydrogens is 616 g/mol. The van der Waals surface area contributed by atoms with E-state index in [1.165, 1.54) is 44.1 Å². The summed E-state index contributed by atoms with van der Waals surface area (Å²) in [5, 5.41) is 0. The van der Waals surface area contributed by atoms with Crippen LogP contribution in [0.2, 0.25) is 0 Å². The van der Waals surface area contributed by atoms with Crippen LogP contribution >= 0.6 is 0 Å². The molecular formula is C38H48O10.